The molecule has 3 heterocycles. The second-order valence-corrected chi connectivity index (χ2v) is 8.11. The molecule has 0 saturated carbocycles. The van der Waals surface area contributed by atoms with E-state index in [9.17, 15) is 22.8 Å². The number of amides is 3. The van der Waals surface area contributed by atoms with Crippen molar-refractivity contribution in [1.29, 1.82) is 0 Å². The molecule has 2 bridgehead atoms. The van der Waals surface area contributed by atoms with E-state index >= 15 is 0 Å². The summed E-state index contributed by atoms with van der Waals surface area (Å²) in [6.45, 7) is 1.58. The molecule has 1 aliphatic carbocycles. The number of nitrogens with one attached hydrogen (secondary N) is 1. The maximum absolute atomic E-state index is 14.6. The molecular weight excluding hydrogens is 409 g/mol. The zero-order valence-electron chi connectivity index (χ0n) is 16.7. The van der Waals surface area contributed by atoms with Gasteiger partial charge in [0.1, 0.15) is 6.54 Å². The Balaban J connectivity index is 1.35. The molecule has 31 heavy (non-hydrogen) atoms. The molecule has 1 fully saturated rings. The van der Waals surface area contributed by atoms with Gasteiger partial charge >= 0.3 is 6.03 Å². The van der Waals surface area contributed by atoms with E-state index in [0.29, 0.717) is 18.5 Å². The highest BCUT2D eigenvalue weighted by Crippen LogP contribution is 2.42. The number of aromatic nitrogens is 1. The van der Waals surface area contributed by atoms with Crippen molar-refractivity contribution in [1.82, 2.24) is 14.8 Å². The van der Waals surface area contributed by atoms with Gasteiger partial charge in [0.05, 0.1) is 24.0 Å². The summed E-state index contributed by atoms with van der Waals surface area (Å²) in [4.78, 5) is 32.2. The number of hydrogen-bond donors (Lipinski definition) is 1. The van der Waals surface area contributed by atoms with Crippen LogP contribution >= 0.6 is 0 Å². The highest BCUT2D eigenvalue weighted by molar-refractivity contribution is 5.95. The van der Waals surface area contributed by atoms with Gasteiger partial charge in [-0.3, -0.25) is 9.78 Å². The summed E-state index contributed by atoms with van der Waals surface area (Å²) in [6.07, 6.45) is 4.22. The quantitative estimate of drug-likeness (QED) is 0.814. The van der Waals surface area contributed by atoms with Crippen LogP contribution in [-0.2, 0) is 11.3 Å². The minimum atomic E-state index is -1.04. The van der Waals surface area contributed by atoms with Gasteiger partial charge in [-0.15, -0.1) is 0 Å². The zero-order valence-corrected chi connectivity index (χ0v) is 16.7. The number of pyridine rings is 1. The van der Waals surface area contributed by atoms with Crippen LogP contribution in [0.4, 0.5) is 23.7 Å². The molecule has 3 amide bonds. The molecule has 2 aromatic rings. The van der Waals surface area contributed by atoms with Crippen LogP contribution in [0.15, 0.2) is 30.5 Å². The lowest BCUT2D eigenvalue weighted by Gasteiger charge is -2.33. The fourth-order valence-corrected chi connectivity index (χ4v) is 4.67. The number of halogens is 3. The van der Waals surface area contributed by atoms with Gasteiger partial charge in [0, 0.05) is 23.9 Å². The zero-order chi connectivity index (χ0) is 21.9. The summed E-state index contributed by atoms with van der Waals surface area (Å²) < 4.78 is 42.3. The maximum atomic E-state index is 14.6. The molecule has 0 unspecified atom stereocenters. The summed E-state index contributed by atoms with van der Waals surface area (Å²) in [7, 11) is 0. The predicted molar refractivity (Wildman–Crippen MR) is 106 cm³/mol. The number of carbonyl (C=O) groups excluding carboxylic acids is 2. The average molecular weight is 428 g/mol. The Morgan fingerprint density at radius 1 is 1.23 bits per heavy atom. The Morgan fingerprint density at radius 2 is 2.03 bits per heavy atom. The lowest BCUT2D eigenvalue weighted by Crippen LogP contribution is -2.48. The highest BCUT2D eigenvalue weighted by Gasteiger charge is 2.43. The maximum Gasteiger partial charge on any atom is 0.322 e. The van der Waals surface area contributed by atoms with Gasteiger partial charge in [0.2, 0.25) is 5.91 Å². The molecule has 9 heteroatoms. The van der Waals surface area contributed by atoms with Crippen molar-refractivity contribution in [2.45, 2.75) is 25.9 Å². The van der Waals surface area contributed by atoms with E-state index < -0.39 is 23.5 Å². The topological polar surface area (TPSA) is 65.5 Å². The summed E-state index contributed by atoms with van der Waals surface area (Å²) >= 11 is 0. The van der Waals surface area contributed by atoms with Crippen molar-refractivity contribution in [2.24, 2.45) is 5.92 Å². The SMILES string of the molecule is Cc1nccc(C2=C[C@H]3C[C@@H]2N(C(=O)CN2Cc4c(ccc(F)c4F)NC2=O)C3)c1F. The molecule has 1 aromatic heterocycles. The number of likely N-dealkylation sites (tertiary alicyclic amines) is 1. The Hall–Kier alpha value is -3.36. The summed E-state index contributed by atoms with van der Waals surface area (Å²) in [5.74, 6) is -2.66. The molecule has 1 N–H and O–H groups in total. The first-order chi connectivity index (χ1) is 14.8. The molecule has 6 nitrogen and oxygen atoms in total. The number of urea groups is 1. The van der Waals surface area contributed by atoms with Crippen molar-refractivity contribution in [3.05, 3.63) is 64.7 Å². The fourth-order valence-electron chi connectivity index (χ4n) is 4.67. The molecule has 0 radical (unpaired) electrons. The first-order valence-corrected chi connectivity index (χ1v) is 9.99. The van der Waals surface area contributed by atoms with Crippen LogP contribution in [0.1, 0.15) is 23.2 Å². The number of carbonyl (C=O) groups is 2. The third kappa shape index (κ3) is 3.15. The number of anilines is 1. The van der Waals surface area contributed by atoms with E-state index in [0.717, 1.165) is 16.5 Å². The summed E-state index contributed by atoms with van der Waals surface area (Å²) in [6, 6.07) is 3.01. The Morgan fingerprint density at radius 3 is 2.81 bits per heavy atom. The number of nitrogens with zero attached hydrogens (tertiary/aromatic N) is 3. The van der Waals surface area contributed by atoms with Gasteiger partial charge in [-0.2, -0.15) is 0 Å². The monoisotopic (exact) mass is 428 g/mol. The lowest BCUT2D eigenvalue weighted by molar-refractivity contribution is -0.132. The van der Waals surface area contributed by atoms with Gasteiger partial charge in [-0.05, 0) is 43.0 Å². The van der Waals surface area contributed by atoms with Crippen molar-refractivity contribution in [3.8, 4) is 0 Å². The number of aryl methyl sites for hydroxylation is 1. The Bertz CT molecular complexity index is 1150. The van der Waals surface area contributed by atoms with Crippen LogP contribution in [0.2, 0.25) is 0 Å². The van der Waals surface area contributed by atoms with Gasteiger partial charge in [0.15, 0.2) is 17.5 Å². The molecular formula is C22H19F3N4O2. The van der Waals surface area contributed by atoms with Crippen LogP contribution in [-0.4, -0.2) is 45.9 Å². The fraction of sp³-hybridized carbons (Fsp3) is 0.318. The smallest absolute Gasteiger partial charge is 0.322 e. The third-order valence-electron chi connectivity index (χ3n) is 6.20. The van der Waals surface area contributed by atoms with Crippen molar-refractivity contribution >= 4 is 23.2 Å². The van der Waals surface area contributed by atoms with E-state index in [4.69, 9.17) is 0 Å². The molecule has 3 aliphatic rings. The molecule has 2 aliphatic heterocycles. The minimum Gasteiger partial charge on any atom is -0.333 e. The number of benzene rings is 1. The molecule has 0 spiro atoms. The van der Waals surface area contributed by atoms with Crippen LogP contribution in [0.25, 0.3) is 5.57 Å². The van der Waals surface area contributed by atoms with Gasteiger partial charge in [0.25, 0.3) is 0 Å². The van der Waals surface area contributed by atoms with Crippen LogP contribution in [0, 0.1) is 30.3 Å². The first kappa shape index (κ1) is 19.6. The van der Waals surface area contributed by atoms with E-state index in [1.165, 1.54) is 12.3 Å². The molecule has 5 rings (SSSR count). The summed E-state index contributed by atoms with van der Waals surface area (Å²) in [5.41, 5.74) is 1.66. The highest BCUT2D eigenvalue weighted by atomic mass is 19.2. The van der Waals surface area contributed by atoms with Gasteiger partial charge in [-0.1, -0.05) is 6.08 Å². The first-order valence-electron chi connectivity index (χ1n) is 9.99. The number of hydrogen-bond acceptors (Lipinski definition) is 3. The molecule has 160 valence electrons. The standard InChI is InChI=1S/C22H19F3N4O2/c1-11-20(24)13(4-5-26-11)14-6-12-7-18(14)29(8-12)19(30)10-28-9-15-17(27-22(28)31)3-2-16(23)21(15)25/h2-6,12,18H,7-10H2,1H3,(H,27,31)/t12-,18-/m0/s1. The van der Waals surface area contributed by atoms with E-state index in [1.54, 1.807) is 17.9 Å². The van der Waals surface area contributed by atoms with Crippen LogP contribution in [0.5, 0.6) is 0 Å². The third-order valence-corrected chi connectivity index (χ3v) is 6.20. The van der Waals surface area contributed by atoms with E-state index in [-0.39, 0.29) is 47.9 Å². The van der Waals surface area contributed by atoms with Crippen molar-refractivity contribution in [3.63, 3.8) is 0 Å². The average Bonchev–Trinajstić information content (AvgIpc) is 3.35. The van der Waals surface area contributed by atoms with Crippen LogP contribution in [0.3, 0.4) is 0 Å². The lowest BCUT2D eigenvalue weighted by atomic mass is 9.99. The second-order valence-electron chi connectivity index (χ2n) is 8.11. The Kier molecular flexibility index (Phi) is 4.49. The number of rotatable bonds is 3. The molecule has 1 aromatic carbocycles. The normalized spacial score (nSPS) is 21.8. The van der Waals surface area contributed by atoms with Crippen LogP contribution < -0.4 is 5.32 Å². The van der Waals surface area contributed by atoms with Crippen molar-refractivity contribution < 1.29 is 22.8 Å². The van der Waals surface area contributed by atoms with Crippen molar-refractivity contribution in [2.75, 3.05) is 18.4 Å². The largest absolute Gasteiger partial charge is 0.333 e. The second kappa shape index (κ2) is 7.11. The van der Waals surface area contributed by atoms with Gasteiger partial charge < -0.3 is 15.1 Å². The van der Waals surface area contributed by atoms with Gasteiger partial charge in [-0.25, -0.2) is 18.0 Å². The minimum absolute atomic E-state index is 0.00487. The molecule has 1 saturated heterocycles. The van der Waals surface area contributed by atoms with E-state index in [1.807, 2.05) is 6.08 Å². The summed E-state index contributed by atoms with van der Waals surface area (Å²) in [5, 5.41) is 2.50. The number of fused-ring (bicyclic) bond motifs is 3. The predicted octanol–water partition coefficient (Wildman–Crippen LogP) is 3.47. The Labute approximate surface area is 176 Å². The van der Waals surface area contributed by atoms with E-state index in [2.05, 4.69) is 10.3 Å². The molecule has 2 atom stereocenters.